The van der Waals surface area contributed by atoms with Crippen LogP contribution in [0.5, 0.6) is 0 Å². The second-order valence-electron chi connectivity index (χ2n) is 7.13. The lowest BCUT2D eigenvalue weighted by atomic mass is 10.1. The highest BCUT2D eigenvalue weighted by Crippen LogP contribution is 2.29. The fourth-order valence-electron chi connectivity index (χ4n) is 2.77. The molecular weight excluding hydrogens is 423 g/mol. The highest BCUT2D eigenvalue weighted by molar-refractivity contribution is 14.0. The lowest BCUT2D eigenvalue weighted by Gasteiger charge is -2.22. The van der Waals surface area contributed by atoms with Gasteiger partial charge in [0.05, 0.1) is 0 Å². The van der Waals surface area contributed by atoms with Crippen molar-refractivity contribution in [1.29, 1.82) is 0 Å². The third-order valence-electron chi connectivity index (χ3n) is 3.82. The molecule has 1 aliphatic rings. The zero-order valence-electron chi connectivity index (χ0n) is 14.4. The molecule has 0 amide bonds. The number of hydrogen-bond donors (Lipinski definition) is 2. The van der Waals surface area contributed by atoms with Crippen LogP contribution < -0.4 is 16.0 Å². The smallest absolute Gasteiger partial charge is 0.188 e. The van der Waals surface area contributed by atoms with Gasteiger partial charge < -0.3 is 16.0 Å². The van der Waals surface area contributed by atoms with Gasteiger partial charge in [-0.15, -0.1) is 24.0 Å². The van der Waals surface area contributed by atoms with Gasteiger partial charge in [-0.05, 0) is 57.7 Å². The molecule has 2 rings (SSSR count). The number of halogens is 2. The minimum atomic E-state index is -0.0484. The maximum Gasteiger partial charge on any atom is 0.188 e. The van der Waals surface area contributed by atoms with Crippen molar-refractivity contribution in [3.8, 4) is 0 Å². The van der Waals surface area contributed by atoms with E-state index in [2.05, 4.69) is 55.0 Å². The summed E-state index contributed by atoms with van der Waals surface area (Å²) in [6.07, 6.45) is 1.14. The topological polar surface area (TPSA) is 53.6 Å². The number of benzene rings is 1. The Balaban J connectivity index is 0.00000264. The van der Waals surface area contributed by atoms with Crippen molar-refractivity contribution >= 4 is 47.2 Å². The first kappa shape index (κ1) is 20.4. The monoisotopic (exact) mass is 450 g/mol. The fourth-order valence-corrected chi connectivity index (χ4v) is 2.94. The van der Waals surface area contributed by atoms with Crippen LogP contribution in [0, 0.1) is 12.8 Å². The summed E-state index contributed by atoms with van der Waals surface area (Å²) in [5.41, 5.74) is 8.39. The second kappa shape index (κ2) is 8.42. The largest absolute Gasteiger partial charge is 0.371 e. The normalized spacial score (nSPS) is 18.7. The molecule has 130 valence electrons. The molecule has 0 saturated carbocycles. The number of nitrogens with two attached hydrogens (primary N) is 1. The Hall–Kier alpha value is -0.690. The molecule has 0 bridgehead atoms. The molecule has 1 fully saturated rings. The van der Waals surface area contributed by atoms with E-state index in [4.69, 9.17) is 17.3 Å². The molecule has 1 aliphatic heterocycles. The Labute approximate surface area is 161 Å². The Bertz CT molecular complexity index is 554. The molecule has 4 nitrogen and oxygen atoms in total. The van der Waals surface area contributed by atoms with E-state index in [9.17, 15) is 0 Å². The number of aryl methyl sites for hydroxylation is 1. The average Bonchev–Trinajstić information content (AvgIpc) is 2.86. The molecule has 1 saturated heterocycles. The number of hydrogen-bond acceptors (Lipinski definition) is 2. The van der Waals surface area contributed by atoms with Gasteiger partial charge in [0, 0.05) is 35.9 Å². The first-order valence-corrected chi connectivity index (χ1v) is 8.21. The highest BCUT2D eigenvalue weighted by Gasteiger charge is 2.23. The van der Waals surface area contributed by atoms with E-state index in [-0.39, 0.29) is 29.5 Å². The van der Waals surface area contributed by atoms with Crippen LogP contribution in [0.3, 0.4) is 0 Å². The molecule has 1 atom stereocenters. The molecular formula is C17H28ClIN4. The van der Waals surface area contributed by atoms with E-state index in [0.29, 0.717) is 11.9 Å². The van der Waals surface area contributed by atoms with Gasteiger partial charge >= 0.3 is 0 Å². The van der Waals surface area contributed by atoms with Crippen molar-refractivity contribution in [3.63, 3.8) is 0 Å². The van der Waals surface area contributed by atoms with E-state index in [1.807, 2.05) is 6.07 Å². The molecule has 3 N–H and O–H groups in total. The summed E-state index contributed by atoms with van der Waals surface area (Å²) in [5, 5.41) is 3.99. The summed E-state index contributed by atoms with van der Waals surface area (Å²) in [7, 11) is 0. The van der Waals surface area contributed by atoms with Gasteiger partial charge in [-0.2, -0.15) is 0 Å². The van der Waals surface area contributed by atoms with E-state index in [0.717, 1.165) is 31.1 Å². The Morgan fingerprint density at radius 2 is 2.13 bits per heavy atom. The predicted molar refractivity (Wildman–Crippen MR) is 111 cm³/mol. The van der Waals surface area contributed by atoms with Gasteiger partial charge in [-0.1, -0.05) is 17.7 Å². The van der Waals surface area contributed by atoms with E-state index >= 15 is 0 Å². The minimum absolute atomic E-state index is 0. The summed E-state index contributed by atoms with van der Waals surface area (Å²) in [4.78, 5) is 6.89. The molecule has 1 heterocycles. The zero-order chi connectivity index (χ0) is 16.3. The number of rotatable bonds is 3. The molecule has 0 aliphatic carbocycles. The van der Waals surface area contributed by atoms with E-state index in [1.165, 1.54) is 11.3 Å². The number of anilines is 1. The Kier molecular flexibility index (Phi) is 7.45. The van der Waals surface area contributed by atoms with E-state index in [1.54, 1.807) is 0 Å². The van der Waals surface area contributed by atoms with Crippen molar-refractivity contribution in [3.05, 3.63) is 28.8 Å². The molecule has 0 spiro atoms. The molecule has 1 aromatic rings. The summed E-state index contributed by atoms with van der Waals surface area (Å²) in [6, 6.07) is 6.07. The van der Waals surface area contributed by atoms with Crippen molar-refractivity contribution in [2.24, 2.45) is 16.6 Å². The first-order valence-electron chi connectivity index (χ1n) is 7.84. The van der Waals surface area contributed by atoms with Crippen LogP contribution in [-0.2, 0) is 0 Å². The number of aliphatic imine (C=N–C) groups is 1. The maximum absolute atomic E-state index is 6.12. The Morgan fingerprint density at radius 1 is 1.43 bits per heavy atom. The molecule has 23 heavy (non-hydrogen) atoms. The molecule has 1 aromatic carbocycles. The van der Waals surface area contributed by atoms with Gasteiger partial charge in [0.1, 0.15) is 0 Å². The maximum atomic E-state index is 6.12. The van der Waals surface area contributed by atoms with E-state index < -0.39 is 0 Å². The molecule has 0 aromatic heterocycles. The van der Waals surface area contributed by atoms with Crippen LogP contribution in [-0.4, -0.2) is 31.1 Å². The quantitative estimate of drug-likeness (QED) is 0.418. The zero-order valence-corrected chi connectivity index (χ0v) is 17.5. The van der Waals surface area contributed by atoms with Crippen LogP contribution in [0.1, 0.15) is 32.8 Å². The fraction of sp³-hybridized carbons (Fsp3) is 0.588. The van der Waals surface area contributed by atoms with Crippen molar-refractivity contribution in [2.75, 3.05) is 24.5 Å². The first-order chi connectivity index (χ1) is 10.2. The van der Waals surface area contributed by atoms with Gasteiger partial charge in [0.2, 0.25) is 0 Å². The van der Waals surface area contributed by atoms with Crippen molar-refractivity contribution in [2.45, 2.75) is 39.7 Å². The SMILES string of the molecule is Cc1ccc(Cl)cc1N1CCC(CN=C(N)NC(C)(C)C)C1.I. The molecule has 6 heteroatoms. The third-order valence-corrected chi connectivity index (χ3v) is 4.06. The lowest BCUT2D eigenvalue weighted by molar-refractivity contribution is 0.505. The average molecular weight is 451 g/mol. The number of nitrogens with zero attached hydrogens (tertiary/aromatic N) is 2. The second-order valence-corrected chi connectivity index (χ2v) is 7.57. The summed E-state index contributed by atoms with van der Waals surface area (Å²) in [5.74, 6) is 1.07. The molecule has 1 unspecified atom stereocenters. The molecule has 0 radical (unpaired) electrons. The van der Waals surface area contributed by atoms with Crippen LogP contribution >= 0.6 is 35.6 Å². The van der Waals surface area contributed by atoms with Crippen LogP contribution in [0.2, 0.25) is 5.02 Å². The van der Waals surface area contributed by atoms with Crippen LogP contribution in [0.25, 0.3) is 0 Å². The van der Waals surface area contributed by atoms with Crippen molar-refractivity contribution < 1.29 is 0 Å². The summed E-state index contributed by atoms with van der Waals surface area (Å²) >= 11 is 6.12. The lowest BCUT2D eigenvalue weighted by Crippen LogP contribution is -2.45. The van der Waals surface area contributed by atoms with Gasteiger partial charge in [0.25, 0.3) is 0 Å². The highest BCUT2D eigenvalue weighted by atomic mass is 127. The van der Waals surface area contributed by atoms with Gasteiger partial charge in [0.15, 0.2) is 5.96 Å². The Morgan fingerprint density at radius 3 is 2.78 bits per heavy atom. The number of nitrogens with one attached hydrogen (secondary N) is 1. The standard InChI is InChI=1S/C17H27ClN4.HI/c1-12-5-6-14(18)9-15(12)22-8-7-13(11-22)10-20-16(19)21-17(2,3)4;/h5-6,9,13H,7-8,10-11H2,1-4H3,(H3,19,20,21);1H. The van der Waals surface area contributed by atoms with Crippen LogP contribution in [0.4, 0.5) is 5.69 Å². The van der Waals surface area contributed by atoms with Gasteiger partial charge in [-0.3, -0.25) is 4.99 Å². The number of guanidine groups is 1. The van der Waals surface area contributed by atoms with Crippen molar-refractivity contribution in [1.82, 2.24) is 5.32 Å². The van der Waals surface area contributed by atoms with Gasteiger partial charge in [-0.25, -0.2) is 0 Å². The van der Waals surface area contributed by atoms with Crippen LogP contribution in [0.15, 0.2) is 23.2 Å². The minimum Gasteiger partial charge on any atom is -0.371 e. The summed E-state index contributed by atoms with van der Waals surface area (Å²) < 4.78 is 0. The predicted octanol–water partition coefficient (Wildman–Crippen LogP) is 3.80. The summed E-state index contributed by atoms with van der Waals surface area (Å²) in [6.45, 7) is 11.2. The third kappa shape index (κ3) is 6.37.